The van der Waals surface area contributed by atoms with Crippen LogP contribution in [0.5, 0.6) is 5.75 Å². The molecule has 1 fully saturated rings. The Morgan fingerprint density at radius 1 is 1.00 bits per heavy atom. The summed E-state index contributed by atoms with van der Waals surface area (Å²) in [6.07, 6.45) is 6.46. The summed E-state index contributed by atoms with van der Waals surface area (Å²) in [4.78, 5) is 28.6. The number of hydrogen-bond donors (Lipinski definition) is 1. The third kappa shape index (κ3) is 6.83. The van der Waals surface area contributed by atoms with Crippen molar-refractivity contribution in [3.05, 3.63) is 64.7 Å². The van der Waals surface area contributed by atoms with Crippen molar-refractivity contribution in [2.24, 2.45) is 0 Å². The zero-order valence-electron chi connectivity index (χ0n) is 20.5. The topological polar surface area (TPSA) is 58.6 Å². The Labute approximate surface area is 198 Å². The van der Waals surface area contributed by atoms with E-state index < -0.39 is 6.04 Å². The number of methoxy groups -OCH3 is 1. The molecule has 1 saturated carbocycles. The van der Waals surface area contributed by atoms with Gasteiger partial charge in [0.1, 0.15) is 11.8 Å². The molecule has 1 aliphatic carbocycles. The van der Waals surface area contributed by atoms with Crippen molar-refractivity contribution in [2.45, 2.75) is 84.3 Å². The van der Waals surface area contributed by atoms with E-state index in [1.54, 1.807) is 12.0 Å². The molecule has 33 heavy (non-hydrogen) atoms. The first-order valence-electron chi connectivity index (χ1n) is 12.2. The molecule has 0 saturated heterocycles. The van der Waals surface area contributed by atoms with Crippen molar-refractivity contribution in [1.82, 2.24) is 10.2 Å². The third-order valence-electron chi connectivity index (χ3n) is 6.78. The number of ether oxygens (including phenoxy) is 1. The lowest BCUT2D eigenvalue weighted by atomic mass is 9.95. The molecule has 1 atom stereocenters. The monoisotopic (exact) mass is 450 g/mol. The van der Waals surface area contributed by atoms with Crippen LogP contribution in [0.2, 0.25) is 0 Å². The van der Waals surface area contributed by atoms with Gasteiger partial charge in [-0.3, -0.25) is 9.59 Å². The van der Waals surface area contributed by atoms with Gasteiger partial charge < -0.3 is 15.0 Å². The van der Waals surface area contributed by atoms with Gasteiger partial charge in [0, 0.05) is 12.6 Å². The molecule has 178 valence electrons. The standard InChI is InChI=1S/C28H38N2O3/c1-5-26(28(32)29-24-9-7-6-8-10-24)30(19-22-13-15-25(33-4)16-14-22)27(31)18-23-12-11-20(2)21(3)17-23/h11-17,24,26H,5-10,18-19H2,1-4H3,(H,29,32)/t26-/m1/s1. The van der Waals surface area contributed by atoms with Gasteiger partial charge in [0.05, 0.1) is 13.5 Å². The van der Waals surface area contributed by atoms with E-state index in [-0.39, 0.29) is 24.3 Å². The van der Waals surface area contributed by atoms with Gasteiger partial charge in [-0.25, -0.2) is 0 Å². The van der Waals surface area contributed by atoms with Crippen LogP contribution >= 0.6 is 0 Å². The highest BCUT2D eigenvalue weighted by molar-refractivity contribution is 5.88. The highest BCUT2D eigenvalue weighted by atomic mass is 16.5. The molecule has 0 aromatic heterocycles. The van der Waals surface area contributed by atoms with Crippen LogP contribution in [0.25, 0.3) is 0 Å². The summed E-state index contributed by atoms with van der Waals surface area (Å²) in [5.41, 5.74) is 4.34. The van der Waals surface area contributed by atoms with E-state index in [2.05, 4.69) is 31.3 Å². The number of hydrogen-bond acceptors (Lipinski definition) is 3. The summed E-state index contributed by atoms with van der Waals surface area (Å²) in [5.74, 6) is 0.708. The Morgan fingerprint density at radius 3 is 2.27 bits per heavy atom. The van der Waals surface area contributed by atoms with Gasteiger partial charge in [0.2, 0.25) is 11.8 Å². The number of rotatable bonds is 9. The van der Waals surface area contributed by atoms with E-state index in [4.69, 9.17) is 4.74 Å². The molecule has 3 rings (SSSR count). The van der Waals surface area contributed by atoms with Gasteiger partial charge in [-0.05, 0) is 67.5 Å². The third-order valence-corrected chi connectivity index (χ3v) is 6.78. The minimum absolute atomic E-state index is 0.0280. The fourth-order valence-corrected chi connectivity index (χ4v) is 4.58. The number of amides is 2. The molecule has 0 heterocycles. The van der Waals surface area contributed by atoms with Gasteiger partial charge in [0.15, 0.2) is 0 Å². The second-order valence-electron chi connectivity index (χ2n) is 9.23. The number of nitrogens with zero attached hydrogens (tertiary/aromatic N) is 1. The van der Waals surface area contributed by atoms with Crippen LogP contribution in [0.3, 0.4) is 0 Å². The molecular weight excluding hydrogens is 412 g/mol. The van der Waals surface area contributed by atoms with Crippen molar-refractivity contribution in [1.29, 1.82) is 0 Å². The summed E-state index contributed by atoms with van der Waals surface area (Å²) in [6, 6.07) is 13.6. The summed E-state index contributed by atoms with van der Waals surface area (Å²) < 4.78 is 5.27. The first-order valence-corrected chi connectivity index (χ1v) is 12.2. The maximum atomic E-state index is 13.6. The molecule has 5 nitrogen and oxygen atoms in total. The van der Waals surface area contributed by atoms with Crippen molar-refractivity contribution in [2.75, 3.05) is 7.11 Å². The highest BCUT2D eigenvalue weighted by Crippen LogP contribution is 2.21. The predicted molar refractivity (Wildman–Crippen MR) is 132 cm³/mol. The second kappa shape index (κ2) is 11.9. The van der Waals surface area contributed by atoms with E-state index in [0.29, 0.717) is 13.0 Å². The molecule has 5 heteroatoms. The molecule has 0 radical (unpaired) electrons. The lowest BCUT2D eigenvalue weighted by molar-refractivity contribution is -0.141. The average molecular weight is 451 g/mol. The van der Waals surface area contributed by atoms with Crippen molar-refractivity contribution < 1.29 is 14.3 Å². The van der Waals surface area contributed by atoms with Gasteiger partial charge in [-0.1, -0.05) is 56.5 Å². The maximum absolute atomic E-state index is 13.6. The molecule has 1 aliphatic rings. The molecule has 2 aromatic carbocycles. The average Bonchev–Trinajstić information content (AvgIpc) is 2.82. The van der Waals surface area contributed by atoms with Crippen molar-refractivity contribution >= 4 is 11.8 Å². The van der Waals surface area contributed by atoms with E-state index in [0.717, 1.165) is 42.6 Å². The number of nitrogens with one attached hydrogen (secondary N) is 1. The van der Waals surface area contributed by atoms with Crippen LogP contribution in [0, 0.1) is 13.8 Å². The molecular formula is C28H38N2O3. The maximum Gasteiger partial charge on any atom is 0.243 e. The number of carbonyl (C=O) groups is 2. The fourth-order valence-electron chi connectivity index (χ4n) is 4.58. The Morgan fingerprint density at radius 2 is 1.67 bits per heavy atom. The lowest BCUT2D eigenvalue weighted by Gasteiger charge is -2.33. The molecule has 2 amide bonds. The van der Waals surface area contributed by atoms with Crippen LogP contribution in [0.1, 0.15) is 67.7 Å². The van der Waals surface area contributed by atoms with Gasteiger partial charge in [-0.15, -0.1) is 0 Å². The lowest BCUT2D eigenvalue weighted by Crippen LogP contribution is -2.51. The smallest absolute Gasteiger partial charge is 0.243 e. The first kappa shape index (κ1) is 24.8. The SMILES string of the molecule is CC[C@H](C(=O)NC1CCCCC1)N(Cc1ccc(OC)cc1)C(=O)Cc1ccc(C)c(C)c1. The minimum Gasteiger partial charge on any atom is -0.497 e. The molecule has 0 spiro atoms. The van der Waals surface area contributed by atoms with Crippen LogP contribution in [-0.2, 0) is 22.6 Å². The number of carbonyl (C=O) groups excluding carboxylic acids is 2. The van der Waals surface area contributed by atoms with Gasteiger partial charge >= 0.3 is 0 Å². The molecule has 0 unspecified atom stereocenters. The van der Waals surface area contributed by atoms with Crippen LogP contribution in [-0.4, -0.2) is 35.9 Å². The highest BCUT2D eigenvalue weighted by Gasteiger charge is 2.30. The van der Waals surface area contributed by atoms with Gasteiger partial charge in [0.25, 0.3) is 0 Å². The van der Waals surface area contributed by atoms with Crippen LogP contribution < -0.4 is 10.1 Å². The van der Waals surface area contributed by atoms with Crippen molar-refractivity contribution in [3.63, 3.8) is 0 Å². The van der Waals surface area contributed by atoms with E-state index >= 15 is 0 Å². The molecule has 1 N–H and O–H groups in total. The second-order valence-corrected chi connectivity index (χ2v) is 9.23. The zero-order chi connectivity index (χ0) is 23.8. The Balaban J connectivity index is 1.81. The predicted octanol–water partition coefficient (Wildman–Crippen LogP) is 5.11. The Hall–Kier alpha value is -2.82. The zero-order valence-corrected chi connectivity index (χ0v) is 20.5. The first-order chi connectivity index (χ1) is 15.9. The Kier molecular flexibility index (Phi) is 8.93. The molecule has 2 aromatic rings. The number of benzene rings is 2. The van der Waals surface area contributed by atoms with Crippen LogP contribution in [0.4, 0.5) is 0 Å². The van der Waals surface area contributed by atoms with E-state index in [9.17, 15) is 9.59 Å². The summed E-state index contributed by atoms with van der Waals surface area (Å²) in [5, 5.41) is 3.24. The quantitative estimate of drug-likeness (QED) is 0.577. The summed E-state index contributed by atoms with van der Waals surface area (Å²) >= 11 is 0. The minimum atomic E-state index is -0.493. The largest absolute Gasteiger partial charge is 0.497 e. The molecule has 0 bridgehead atoms. The Bertz CT molecular complexity index is 933. The summed E-state index contributed by atoms with van der Waals surface area (Å²) in [7, 11) is 1.64. The fraction of sp³-hybridized carbons (Fsp3) is 0.500. The normalized spacial score (nSPS) is 15.0. The van der Waals surface area contributed by atoms with Gasteiger partial charge in [-0.2, -0.15) is 0 Å². The number of aryl methyl sites for hydroxylation is 2. The van der Waals surface area contributed by atoms with E-state index in [1.165, 1.54) is 17.5 Å². The van der Waals surface area contributed by atoms with E-state index in [1.807, 2.05) is 37.3 Å². The summed E-state index contributed by atoms with van der Waals surface area (Å²) in [6.45, 7) is 6.50. The van der Waals surface area contributed by atoms with Crippen LogP contribution in [0.15, 0.2) is 42.5 Å². The molecule has 0 aliphatic heterocycles. The van der Waals surface area contributed by atoms with Crippen molar-refractivity contribution in [3.8, 4) is 5.75 Å².